The van der Waals surface area contributed by atoms with Crippen LogP contribution in [0.25, 0.3) is 0 Å². The van der Waals surface area contributed by atoms with Crippen molar-refractivity contribution in [3.05, 3.63) is 29.8 Å². The highest BCUT2D eigenvalue weighted by molar-refractivity contribution is 7.89. The first-order valence-electron chi connectivity index (χ1n) is 7.60. The van der Waals surface area contributed by atoms with Crippen molar-refractivity contribution in [1.82, 2.24) is 4.72 Å². The fourth-order valence-electron chi connectivity index (χ4n) is 2.59. The Morgan fingerprint density at radius 1 is 1.23 bits per heavy atom. The lowest BCUT2D eigenvalue weighted by Crippen LogP contribution is -2.45. The maximum absolute atomic E-state index is 12.0. The first-order chi connectivity index (χ1) is 10.4. The van der Waals surface area contributed by atoms with E-state index in [9.17, 15) is 8.42 Å². The number of hydrogen-bond acceptors (Lipinski definition) is 4. The molecule has 1 aromatic rings. The van der Waals surface area contributed by atoms with Gasteiger partial charge in [0.15, 0.2) is 0 Å². The maximum atomic E-state index is 12.0. The Balaban J connectivity index is 1.75. The summed E-state index contributed by atoms with van der Waals surface area (Å²) in [6.45, 7) is 3.20. The molecular weight excluding hydrogens is 302 g/mol. The lowest BCUT2D eigenvalue weighted by Gasteiger charge is -2.41. The SMILES string of the molecule is COCC1(CNS(=O)(=O)CCOc2ccc(C)cc2)CCC1. The molecule has 1 fully saturated rings. The molecule has 0 aromatic heterocycles. The van der Waals surface area contributed by atoms with E-state index in [1.165, 1.54) is 0 Å². The van der Waals surface area contributed by atoms with Crippen molar-refractivity contribution in [2.45, 2.75) is 26.2 Å². The monoisotopic (exact) mass is 327 g/mol. The van der Waals surface area contributed by atoms with Crippen molar-refractivity contribution in [3.63, 3.8) is 0 Å². The number of sulfonamides is 1. The molecule has 0 bridgehead atoms. The summed E-state index contributed by atoms with van der Waals surface area (Å²) < 4.78 is 37.4. The van der Waals surface area contributed by atoms with Crippen molar-refractivity contribution >= 4 is 10.0 Å². The summed E-state index contributed by atoms with van der Waals surface area (Å²) in [5, 5.41) is 0. The molecule has 0 spiro atoms. The Bertz CT molecular complexity index is 564. The summed E-state index contributed by atoms with van der Waals surface area (Å²) in [7, 11) is -1.66. The van der Waals surface area contributed by atoms with Crippen molar-refractivity contribution in [3.8, 4) is 5.75 Å². The number of nitrogens with one attached hydrogen (secondary N) is 1. The van der Waals surface area contributed by atoms with E-state index in [0.29, 0.717) is 18.9 Å². The van der Waals surface area contributed by atoms with Gasteiger partial charge in [0.25, 0.3) is 0 Å². The van der Waals surface area contributed by atoms with Crippen LogP contribution in [0.2, 0.25) is 0 Å². The minimum atomic E-state index is -3.32. The normalized spacial score (nSPS) is 17.0. The van der Waals surface area contributed by atoms with Crippen LogP contribution in [0.4, 0.5) is 0 Å². The third-order valence-electron chi connectivity index (χ3n) is 4.17. The summed E-state index contributed by atoms with van der Waals surface area (Å²) in [4.78, 5) is 0. The van der Waals surface area contributed by atoms with Crippen LogP contribution in [0.15, 0.2) is 24.3 Å². The zero-order valence-electron chi connectivity index (χ0n) is 13.3. The van der Waals surface area contributed by atoms with Crippen LogP contribution in [0.5, 0.6) is 5.75 Å². The number of rotatable bonds is 9. The van der Waals surface area contributed by atoms with E-state index in [1.54, 1.807) is 7.11 Å². The summed E-state index contributed by atoms with van der Waals surface area (Å²) in [5.74, 6) is 0.653. The van der Waals surface area contributed by atoms with Gasteiger partial charge in [0, 0.05) is 19.1 Å². The predicted octanol–water partition coefficient (Wildman–Crippen LogP) is 2.11. The number of benzene rings is 1. The molecule has 0 radical (unpaired) electrons. The van der Waals surface area contributed by atoms with Gasteiger partial charge in [-0.15, -0.1) is 0 Å². The molecule has 0 atom stereocenters. The molecule has 0 heterocycles. The molecule has 0 amide bonds. The van der Waals surface area contributed by atoms with Gasteiger partial charge in [-0.3, -0.25) is 0 Å². The first-order valence-corrected chi connectivity index (χ1v) is 9.26. The van der Waals surface area contributed by atoms with Crippen LogP contribution in [-0.4, -0.2) is 41.0 Å². The van der Waals surface area contributed by atoms with Gasteiger partial charge in [-0.1, -0.05) is 24.1 Å². The van der Waals surface area contributed by atoms with Gasteiger partial charge in [0.2, 0.25) is 10.0 Å². The van der Waals surface area contributed by atoms with E-state index in [1.807, 2.05) is 31.2 Å². The Labute approximate surface area is 133 Å². The Kier molecular flexibility index (Phi) is 5.83. The average Bonchev–Trinajstić information content (AvgIpc) is 2.44. The fraction of sp³-hybridized carbons (Fsp3) is 0.625. The van der Waals surface area contributed by atoms with E-state index < -0.39 is 10.0 Å². The molecule has 2 rings (SSSR count). The number of methoxy groups -OCH3 is 1. The van der Waals surface area contributed by atoms with E-state index in [2.05, 4.69) is 4.72 Å². The molecule has 5 nitrogen and oxygen atoms in total. The molecule has 1 aromatic carbocycles. The van der Waals surface area contributed by atoms with E-state index in [-0.39, 0.29) is 17.8 Å². The van der Waals surface area contributed by atoms with Gasteiger partial charge in [0.05, 0.1) is 12.4 Å². The standard InChI is InChI=1S/C16H25NO4S/c1-14-4-6-15(7-5-14)21-10-11-22(18,19)17-12-16(13-20-2)8-3-9-16/h4-7,17H,3,8-13H2,1-2H3. The lowest BCUT2D eigenvalue weighted by atomic mass is 9.69. The first kappa shape index (κ1) is 17.2. The van der Waals surface area contributed by atoms with Crippen LogP contribution < -0.4 is 9.46 Å². The molecular formula is C16H25NO4S. The predicted molar refractivity (Wildman–Crippen MR) is 86.6 cm³/mol. The van der Waals surface area contributed by atoms with Gasteiger partial charge < -0.3 is 9.47 Å². The number of hydrogen-bond donors (Lipinski definition) is 1. The van der Waals surface area contributed by atoms with Crippen LogP contribution >= 0.6 is 0 Å². The molecule has 22 heavy (non-hydrogen) atoms. The molecule has 6 heteroatoms. The summed E-state index contributed by atoms with van der Waals surface area (Å²) >= 11 is 0. The van der Waals surface area contributed by atoms with Crippen molar-refractivity contribution in [2.75, 3.05) is 32.6 Å². The number of aryl methyl sites for hydroxylation is 1. The second-order valence-corrected chi connectivity index (χ2v) is 8.01. The Morgan fingerprint density at radius 2 is 1.91 bits per heavy atom. The maximum Gasteiger partial charge on any atom is 0.214 e. The molecule has 1 saturated carbocycles. The summed E-state index contributed by atoms with van der Waals surface area (Å²) in [5.41, 5.74) is 1.13. The zero-order chi connectivity index (χ0) is 16.1. The zero-order valence-corrected chi connectivity index (χ0v) is 14.1. The van der Waals surface area contributed by atoms with Gasteiger partial charge in [-0.2, -0.15) is 0 Å². The van der Waals surface area contributed by atoms with Crippen LogP contribution in [0.1, 0.15) is 24.8 Å². The van der Waals surface area contributed by atoms with Gasteiger partial charge in [-0.05, 0) is 31.9 Å². The lowest BCUT2D eigenvalue weighted by molar-refractivity contribution is 0.0220. The fourth-order valence-corrected chi connectivity index (χ4v) is 3.57. The quantitative estimate of drug-likeness (QED) is 0.754. The highest BCUT2D eigenvalue weighted by atomic mass is 32.2. The van der Waals surface area contributed by atoms with Gasteiger partial charge >= 0.3 is 0 Å². The van der Waals surface area contributed by atoms with Crippen molar-refractivity contribution in [2.24, 2.45) is 5.41 Å². The van der Waals surface area contributed by atoms with Crippen LogP contribution in [0, 0.1) is 12.3 Å². The minimum Gasteiger partial charge on any atom is -0.492 e. The third kappa shape index (κ3) is 4.97. The third-order valence-corrected chi connectivity index (χ3v) is 5.46. The highest BCUT2D eigenvalue weighted by Crippen LogP contribution is 2.40. The van der Waals surface area contributed by atoms with Crippen LogP contribution in [-0.2, 0) is 14.8 Å². The molecule has 1 aliphatic carbocycles. The minimum absolute atomic E-state index is 0.0143. The molecule has 0 saturated heterocycles. The molecule has 1 aliphatic rings. The van der Waals surface area contributed by atoms with Gasteiger partial charge in [-0.25, -0.2) is 13.1 Å². The summed E-state index contributed by atoms with van der Waals surface area (Å²) in [6, 6.07) is 7.56. The largest absolute Gasteiger partial charge is 0.492 e. The van der Waals surface area contributed by atoms with E-state index in [4.69, 9.17) is 9.47 Å². The molecule has 1 N–H and O–H groups in total. The molecule has 0 aliphatic heterocycles. The second kappa shape index (κ2) is 7.44. The highest BCUT2D eigenvalue weighted by Gasteiger charge is 2.37. The van der Waals surface area contributed by atoms with Gasteiger partial charge in [0.1, 0.15) is 12.4 Å². The second-order valence-electron chi connectivity index (χ2n) is 6.09. The molecule has 0 unspecified atom stereocenters. The van der Waals surface area contributed by atoms with E-state index >= 15 is 0 Å². The topological polar surface area (TPSA) is 64.6 Å². The summed E-state index contributed by atoms with van der Waals surface area (Å²) in [6.07, 6.45) is 3.17. The van der Waals surface area contributed by atoms with Crippen molar-refractivity contribution < 1.29 is 17.9 Å². The van der Waals surface area contributed by atoms with Crippen LogP contribution in [0.3, 0.4) is 0 Å². The Hall–Kier alpha value is -1.11. The molecule has 124 valence electrons. The van der Waals surface area contributed by atoms with E-state index in [0.717, 1.165) is 24.8 Å². The smallest absolute Gasteiger partial charge is 0.214 e. The Morgan fingerprint density at radius 3 is 2.45 bits per heavy atom. The average molecular weight is 327 g/mol. The number of ether oxygens (including phenoxy) is 2. The van der Waals surface area contributed by atoms with Crippen molar-refractivity contribution in [1.29, 1.82) is 0 Å².